The van der Waals surface area contributed by atoms with Crippen LogP contribution in [0.2, 0.25) is 0 Å². The van der Waals surface area contributed by atoms with E-state index >= 15 is 0 Å². The zero-order chi connectivity index (χ0) is 18.7. The van der Waals surface area contributed by atoms with Crippen molar-refractivity contribution in [3.63, 3.8) is 0 Å². The molecular weight excluding hydrogens is 350 g/mol. The zero-order valence-electron chi connectivity index (χ0n) is 15.3. The number of hydrogen-bond donors (Lipinski definition) is 1. The Bertz CT molecular complexity index is 868. The summed E-state index contributed by atoms with van der Waals surface area (Å²) in [6, 6.07) is 9.33. The Hall–Kier alpha value is -2.03. The lowest BCUT2D eigenvalue weighted by Crippen LogP contribution is -2.43. The van der Waals surface area contributed by atoms with E-state index in [1.54, 1.807) is 6.08 Å². The molecule has 0 spiro atoms. The summed E-state index contributed by atoms with van der Waals surface area (Å²) in [6.07, 6.45) is 3.09. The van der Waals surface area contributed by atoms with E-state index < -0.39 is 10.0 Å². The summed E-state index contributed by atoms with van der Waals surface area (Å²) >= 11 is 0. The fraction of sp³-hybridized carbons (Fsp3) is 0.444. The Morgan fingerprint density at radius 3 is 2.58 bits per heavy atom. The van der Waals surface area contributed by atoms with Crippen molar-refractivity contribution in [2.75, 3.05) is 14.1 Å². The van der Waals surface area contributed by atoms with Gasteiger partial charge in [-0.05, 0) is 38.6 Å². The van der Waals surface area contributed by atoms with E-state index in [1.807, 2.05) is 60.9 Å². The van der Waals surface area contributed by atoms with Crippen LogP contribution in [0.4, 0.5) is 0 Å². The first-order valence-electron chi connectivity index (χ1n) is 8.62. The second-order valence-electron chi connectivity index (χ2n) is 7.01. The highest BCUT2D eigenvalue weighted by Crippen LogP contribution is 2.36. The van der Waals surface area contributed by atoms with Crippen molar-refractivity contribution in [2.24, 2.45) is 7.05 Å². The average molecular weight is 375 g/mol. The number of nitrogens with zero attached hydrogens (tertiary/aromatic N) is 4. The van der Waals surface area contributed by atoms with Crippen molar-refractivity contribution in [2.45, 2.75) is 31.3 Å². The molecule has 0 unspecified atom stereocenters. The summed E-state index contributed by atoms with van der Waals surface area (Å²) in [4.78, 5) is 2.05. The number of benzene rings is 1. The molecule has 26 heavy (non-hydrogen) atoms. The summed E-state index contributed by atoms with van der Waals surface area (Å²) < 4.78 is 29.2. The molecule has 3 rings (SSSR count). The summed E-state index contributed by atoms with van der Waals surface area (Å²) in [5.74, 6) is 2.09. The molecule has 0 radical (unpaired) electrons. The van der Waals surface area contributed by atoms with Gasteiger partial charge in [0, 0.05) is 24.4 Å². The van der Waals surface area contributed by atoms with Crippen LogP contribution in [0.15, 0.2) is 35.7 Å². The summed E-state index contributed by atoms with van der Waals surface area (Å²) in [5.41, 5.74) is 0.858. The molecule has 1 saturated carbocycles. The highest BCUT2D eigenvalue weighted by Gasteiger charge is 2.35. The lowest BCUT2D eigenvalue weighted by Gasteiger charge is -2.34. The molecule has 0 bridgehead atoms. The van der Waals surface area contributed by atoms with Crippen LogP contribution in [0, 0.1) is 0 Å². The van der Waals surface area contributed by atoms with Crippen LogP contribution in [-0.2, 0) is 23.6 Å². The molecule has 1 N–H and O–H groups in total. The van der Waals surface area contributed by atoms with Crippen LogP contribution in [-0.4, -0.2) is 48.2 Å². The van der Waals surface area contributed by atoms with Gasteiger partial charge in [0.2, 0.25) is 10.0 Å². The third-order valence-electron chi connectivity index (χ3n) is 4.53. The second kappa shape index (κ2) is 7.69. The average Bonchev–Trinajstić information content (AvgIpc) is 2.90. The molecule has 1 fully saturated rings. The lowest BCUT2D eigenvalue weighted by molar-refractivity contribution is 0.308. The maximum atomic E-state index is 12.2. The predicted octanol–water partition coefficient (Wildman–Crippen LogP) is 1.71. The minimum absolute atomic E-state index is 0.0561. The molecule has 1 heterocycles. The molecule has 140 valence electrons. The van der Waals surface area contributed by atoms with Crippen molar-refractivity contribution in [3.05, 3.63) is 53.0 Å². The molecule has 2 aromatic rings. The van der Waals surface area contributed by atoms with Gasteiger partial charge in [0.1, 0.15) is 11.6 Å². The molecule has 1 aliphatic carbocycles. The monoisotopic (exact) mass is 375 g/mol. The Morgan fingerprint density at radius 1 is 1.23 bits per heavy atom. The van der Waals surface area contributed by atoms with Crippen molar-refractivity contribution >= 4 is 16.1 Å². The quantitative estimate of drug-likeness (QED) is 0.797. The first-order chi connectivity index (χ1) is 12.3. The van der Waals surface area contributed by atoms with E-state index in [9.17, 15) is 8.42 Å². The number of sulfonamides is 1. The Morgan fingerprint density at radius 2 is 1.92 bits per heavy atom. The molecular formula is C18H25N5O2S. The van der Waals surface area contributed by atoms with Crippen molar-refractivity contribution < 1.29 is 8.42 Å². The van der Waals surface area contributed by atoms with Gasteiger partial charge in [0.15, 0.2) is 0 Å². The van der Waals surface area contributed by atoms with E-state index in [1.165, 1.54) is 5.41 Å². The Kier molecular flexibility index (Phi) is 5.55. The number of rotatable bonds is 7. The van der Waals surface area contributed by atoms with Gasteiger partial charge in [-0.2, -0.15) is 0 Å². The first kappa shape index (κ1) is 18.8. The van der Waals surface area contributed by atoms with Crippen LogP contribution < -0.4 is 4.72 Å². The maximum absolute atomic E-state index is 12.2. The van der Waals surface area contributed by atoms with Gasteiger partial charge in [-0.1, -0.05) is 30.3 Å². The van der Waals surface area contributed by atoms with Crippen LogP contribution in [0.5, 0.6) is 0 Å². The molecule has 7 nitrogen and oxygen atoms in total. The zero-order valence-corrected chi connectivity index (χ0v) is 16.1. The molecule has 0 amide bonds. The van der Waals surface area contributed by atoms with Gasteiger partial charge < -0.3 is 9.47 Å². The van der Waals surface area contributed by atoms with E-state index in [-0.39, 0.29) is 12.0 Å². The maximum Gasteiger partial charge on any atom is 0.233 e. The summed E-state index contributed by atoms with van der Waals surface area (Å²) in [7, 11) is 2.50. The molecule has 1 aliphatic rings. The third kappa shape index (κ3) is 4.57. The minimum Gasteiger partial charge on any atom is -0.317 e. The number of hydrogen-bond acceptors (Lipinski definition) is 5. The number of nitrogens with one attached hydrogen (secondary N) is 1. The summed E-state index contributed by atoms with van der Waals surface area (Å²) in [6.45, 7) is 0.733. The summed E-state index contributed by atoms with van der Waals surface area (Å²) in [5, 5.41) is 9.77. The molecule has 1 aromatic heterocycles. The van der Waals surface area contributed by atoms with Crippen LogP contribution in [0.3, 0.4) is 0 Å². The second-order valence-corrected chi connectivity index (χ2v) is 8.61. The van der Waals surface area contributed by atoms with Gasteiger partial charge in [-0.15, -0.1) is 10.2 Å². The van der Waals surface area contributed by atoms with Gasteiger partial charge in [0.25, 0.3) is 0 Å². The Balaban J connectivity index is 1.55. The van der Waals surface area contributed by atoms with Gasteiger partial charge in [0.05, 0.1) is 6.54 Å². The Labute approximate surface area is 154 Å². The fourth-order valence-electron chi connectivity index (χ4n) is 3.08. The molecule has 0 saturated heterocycles. The smallest absolute Gasteiger partial charge is 0.233 e. The number of aromatic nitrogens is 3. The van der Waals surface area contributed by atoms with E-state index in [2.05, 4.69) is 14.9 Å². The highest BCUT2D eigenvalue weighted by atomic mass is 32.2. The highest BCUT2D eigenvalue weighted by molar-refractivity contribution is 7.92. The topological polar surface area (TPSA) is 80.1 Å². The molecule has 1 aromatic carbocycles. The first-order valence-corrected chi connectivity index (χ1v) is 10.2. The van der Waals surface area contributed by atoms with Crippen molar-refractivity contribution in [3.8, 4) is 0 Å². The van der Waals surface area contributed by atoms with Crippen LogP contribution >= 0.6 is 0 Å². The standard InChI is InChI=1S/C18H25N5O2S/c1-22(2)13-17-19-20-18(23(17)3)15-11-16(12-15)21-26(24,25)10-9-14-7-5-4-6-8-14/h4-10,15-16,21H,11-13H2,1-3H3. The normalized spacial score (nSPS) is 20.6. The van der Waals surface area contributed by atoms with Crippen LogP contribution in [0.1, 0.15) is 36.0 Å². The SMILES string of the molecule is CN(C)Cc1nnc(C2CC(NS(=O)(=O)C=Cc3ccccc3)C2)n1C. The van der Waals surface area contributed by atoms with E-state index in [0.29, 0.717) is 0 Å². The molecule has 0 atom stereocenters. The van der Waals surface area contributed by atoms with E-state index in [0.717, 1.165) is 36.6 Å². The van der Waals surface area contributed by atoms with Crippen molar-refractivity contribution in [1.82, 2.24) is 24.4 Å². The van der Waals surface area contributed by atoms with Gasteiger partial charge >= 0.3 is 0 Å². The van der Waals surface area contributed by atoms with Gasteiger partial charge in [-0.25, -0.2) is 13.1 Å². The predicted molar refractivity (Wildman–Crippen MR) is 102 cm³/mol. The van der Waals surface area contributed by atoms with Crippen molar-refractivity contribution in [1.29, 1.82) is 0 Å². The minimum atomic E-state index is -3.45. The fourth-order valence-corrected chi connectivity index (χ4v) is 4.15. The third-order valence-corrected chi connectivity index (χ3v) is 5.69. The molecule has 0 aliphatic heterocycles. The lowest BCUT2D eigenvalue weighted by atomic mass is 9.80. The van der Waals surface area contributed by atoms with Gasteiger partial charge in [-0.3, -0.25) is 0 Å². The van der Waals surface area contributed by atoms with E-state index in [4.69, 9.17) is 0 Å². The molecule has 8 heteroatoms. The largest absolute Gasteiger partial charge is 0.317 e. The van der Waals surface area contributed by atoms with Crippen LogP contribution in [0.25, 0.3) is 6.08 Å².